The van der Waals surface area contributed by atoms with Gasteiger partial charge in [0.1, 0.15) is 0 Å². The van der Waals surface area contributed by atoms with Gasteiger partial charge in [-0.25, -0.2) is 0 Å². The number of rotatable bonds is 3. The summed E-state index contributed by atoms with van der Waals surface area (Å²) < 4.78 is 0. The molecule has 0 bridgehead atoms. The number of nitrogens with one attached hydrogen (secondary N) is 2. The number of thiocarbonyl (C=S) groups is 1. The first-order valence-corrected chi connectivity index (χ1v) is 5.80. The molecule has 2 saturated carbocycles. The van der Waals surface area contributed by atoms with Crippen LogP contribution >= 0.6 is 12.2 Å². The highest BCUT2D eigenvalue weighted by Gasteiger charge is 2.22. The lowest BCUT2D eigenvalue weighted by molar-refractivity contribution is 0.533. The van der Waals surface area contributed by atoms with Crippen molar-refractivity contribution in [1.82, 2.24) is 10.6 Å². The maximum Gasteiger partial charge on any atom is 0.166 e. The molecule has 3 heteroatoms. The van der Waals surface area contributed by atoms with Crippen LogP contribution in [-0.4, -0.2) is 17.7 Å². The zero-order chi connectivity index (χ0) is 9.10. The second-order valence-electron chi connectivity index (χ2n) is 4.28. The smallest absolute Gasteiger partial charge is 0.166 e. The van der Waals surface area contributed by atoms with Gasteiger partial charge in [-0.05, 0) is 43.8 Å². The first-order valence-electron chi connectivity index (χ1n) is 5.39. The Morgan fingerprint density at radius 2 is 1.85 bits per heavy atom. The first-order chi connectivity index (χ1) is 6.34. The fourth-order valence-electron chi connectivity index (χ4n) is 1.92. The molecule has 74 valence electrons. The molecule has 0 radical (unpaired) electrons. The molecule has 0 aromatic carbocycles. The third-order valence-electron chi connectivity index (χ3n) is 2.94. The van der Waals surface area contributed by atoms with E-state index in [9.17, 15) is 0 Å². The molecule has 2 fully saturated rings. The van der Waals surface area contributed by atoms with E-state index in [-0.39, 0.29) is 0 Å². The van der Waals surface area contributed by atoms with E-state index in [1.54, 1.807) is 0 Å². The summed E-state index contributed by atoms with van der Waals surface area (Å²) in [5, 5.41) is 7.48. The van der Waals surface area contributed by atoms with Crippen molar-refractivity contribution in [2.75, 3.05) is 6.54 Å². The molecule has 0 unspecified atom stereocenters. The van der Waals surface area contributed by atoms with E-state index in [0.29, 0.717) is 6.04 Å². The maximum absolute atomic E-state index is 5.18. The van der Waals surface area contributed by atoms with Gasteiger partial charge in [0.25, 0.3) is 0 Å². The summed E-state index contributed by atoms with van der Waals surface area (Å²) in [4.78, 5) is 0. The summed E-state index contributed by atoms with van der Waals surface area (Å²) in [6, 6.07) is 0.684. The van der Waals surface area contributed by atoms with Gasteiger partial charge in [-0.1, -0.05) is 12.8 Å². The Morgan fingerprint density at radius 1 is 1.15 bits per heavy atom. The SMILES string of the molecule is S=C(NCC1CCCC1)NC1CC1. The van der Waals surface area contributed by atoms with Crippen LogP contribution in [-0.2, 0) is 0 Å². The Hall–Kier alpha value is -0.310. The van der Waals surface area contributed by atoms with Crippen molar-refractivity contribution in [2.45, 2.75) is 44.6 Å². The predicted octanol–water partition coefficient (Wildman–Crippen LogP) is 1.80. The Kier molecular flexibility index (Phi) is 3.04. The van der Waals surface area contributed by atoms with Crippen LogP contribution in [0.3, 0.4) is 0 Å². The van der Waals surface area contributed by atoms with Crippen molar-refractivity contribution in [3.05, 3.63) is 0 Å². The van der Waals surface area contributed by atoms with Crippen molar-refractivity contribution < 1.29 is 0 Å². The van der Waals surface area contributed by atoms with Crippen LogP contribution in [0.5, 0.6) is 0 Å². The molecule has 2 aliphatic carbocycles. The third kappa shape index (κ3) is 3.14. The molecule has 2 nitrogen and oxygen atoms in total. The zero-order valence-electron chi connectivity index (χ0n) is 8.01. The van der Waals surface area contributed by atoms with Gasteiger partial charge in [-0.3, -0.25) is 0 Å². The first kappa shape index (κ1) is 9.25. The van der Waals surface area contributed by atoms with Crippen molar-refractivity contribution in [3.63, 3.8) is 0 Å². The second kappa shape index (κ2) is 4.27. The van der Waals surface area contributed by atoms with Crippen LogP contribution < -0.4 is 10.6 Å². The van der Waals surface area contributed by atoms with Crippen molar-refractivity contribution in [2.24, 2.45) is 5.92 Å². The summed E-state index contributed by atoms with van der Waals surface area (Å²) >= 11 is 5.18. The quantitative estimate of drug-likeness (QED) is 0.676. The lowest BCUT2D eigenvalue weighted by Crippen LogP contribution is -2.38. The summed E-state index contributed by atoms with van der Waals surface area (Å²) in [7, 11) is 0. The molecule has 13 heavy (non-hydrogen) atoms. The molecular formula is C10H18N2S. The number of hydrogen-bond donors (Lipinski definition) is 2. The average Bonchev–Trinajstić information content (AvgIpc) is 2.78. The van der Waals surface area contributed by atoms with Gasteiger partial charge in [-0.15, -0.1) is 0 Å². The zero-order valence-corrected chi connectivity index (χ0v) is 8.83. The minimum absolute atomic E-state index is 0.684. The van der Waals surface area contributed by atoms with Crippen molar-refractivity contribution in [3.8, 4) is 0 Å². The Labute approximate surface area is 85.5 Å². The van der Waals surface area contributed by atoms with Gasteiger partial charge in [0.05, 0.1) is 0 Å². The van der Waals surface area contributed by atoms with Gasteiger partial charge in [0.15, 0.2) is 5.11 Å². The molecule has 0 amide bonds. The fraction of sp³-hybridized carbons (Fsp3) is 0.900. The van der Waals surface area contributed by atoms with E-state index >= 15 is 0 Å². The summed E-state index contributed by atoms with van der Waals surface area (Å²) in [6.45, 7) is 1.08. The summed E-state index contributed by atoms with van der Waals surface area (Å²) in [6.07, 6.45) is 8.19. The minimum atomic E-state index is 0.684. The Balaban J connectivity index is 1.57. The third-order valence-corrected chi connectivity index (χ3v) is 3.20. The van der Waals surface area contributed by atoms with E-state index in [2.05, 4.69) is 10.6 Å². The molecular weight excluding hydrogens is 180 g/mol. The summed E-state index contributed by atoms with van der Waals surface area (Å²) in [5.74, 6) is 0.874. The Morgan fingerprint density at radius 3 is 2.46 bits per heavy atom. The van der Waals surface area contributed by atoms with Crippen LogP contribution in [0.25, 0.3) is 0 Å². The van der Waals surface area contributed by atoms with Crippen molar-refractivity contribution >= 4 is 17.3 Å². The maximum atomic E-state index is 5.18. The van der Waals surface area contributed by atoms with Crippen LogP contribution in [0.15, 0.2) is 0 Å². The highest BCUT2D eigenvalue weighted by atomic mass is 32.1. The van der Waals surface area contributed by atoms with Gasteiger partial charge >= 0.3 is 0 Å². The second-order valence-corrected chi connectivity index (χ2v) is 4.69. The lowest BCUT2D eigenvalue weighted by atomic mass is 10.1. The highest BCUT2D eigenvalue weighted by molar-refractivity contribution is 7.80. The van der Waals surface area contributed by atoms with E-state index in [1.165, 1.54) is 38.5 Å². The van der Waals surface area contributed by atoms with E-state index in [0.717, 1.165) is 17.6 Å². The van der Waals surface area contributed by atoms with Crippen LogP contribution in [0.1, 0.15) is 38.5 Å². The molecule has 0 atom stereocenters. The molecule has 0 heterocycles. The summed E-state index contributed by atoms with van der Waals surface area (Å²) in [5.41, 5.74) is 0. The lowest BCUT2D eigenvalue weighted by Gasteiger charge is -2.13. The van der Waals surface area contributed by atoms with Crippen LogP contribution in [0.2, 0.25) is 0 Å². The van der Waals surface area contributed by atoms with Crippen molar-refractivity contribution in [1.29, 1.82) is 0 Å². The molecule has 0 aromatic heterocycles. The largest absolute Gasteiger partial charge is 0.362 e. The molecule has 2 N–H and O–H groups in total. The topological polar surface area (TPSA) is 24.1 Å². The molecule has 0 spiro atoms. The average molecular weight is 198 g/mol. The number of hydrogen-bond acceptors (Lipinski definition) is 1. The van der Waals surface area contributed by atoms with Crippen LogP contribution in [0.4, 0.5) is 0 Å². The normalized spacial score (nSPS) is 23.1. The van der Waals surface area contributed by atoms with Gasteiger partial charge in [-0.2, -0.15) is 0 Å². The standard InChI is InChI=1S/C10H18N2S/c13-10(12-9-5-6-9)11-7-8-3-1-2-4-8/h8-9H,1-7H2,(H2,11,12,13). The van der Waals surface area contributed by atoms with Gasteiger partial charge in [0.2, 0.25) is 0 Å². The van der Waals surface area contributed by atoms with E-state index < -0.39 is 0 Å². The van der Waals surface area contributed by atoms with Crippen LogP contribution in [0, 0.1) is 5.92 Å². The fourth-order valence-corrected chi connectivity index (χ4v) is 2.17. The predicted molar refractivity (Wildman–Crippen MR) is 58.7 cm³/mol. The molecule has 0 saturated heterocycles. The monoisotopic (exact) mass is 198 g/mol. The molecule has 0 aromatic rings. The molecule has 2 rings (SSSR count). The molecule has 2 aliphatic rings. The minimum Gasteiger partial charge on any atom is -0.362 e. The molecule has 0 aliphatic heterocycles. The van der Waals surface area contributed by atoms with E-state index in [4.69, 9.17) is 12.2 Å². The van der Waals surface area contributed by atoms with Gasteiger partial charge < -0.3 is 10.6 Å². The highest BCUT2D eigenvalue weighted by Crippen LogP contribution is 2.23. The van der Waals surface area contributed by atoms with Gasteiger partial charge in [0, 0.05) is 12.6 Å². The Bertz CT molecular complexity index is 183. The van der Waals surface area contributed by atoms with E-state index in [1.807, 2.05) is 0 Å².